The van der Waals surface area contributed by atoms with Crippen molar-refractivity contribution in [1.29, 1.82) is 0 Å². The normalized spacial score (nSPS) is 11.3. The Bertz CT molecular complexity index is 134. The monoisotopic (exact) mass is 154 g/mol. The molecular formula is C10H18O. The first-order valence-electron chi connectivity index (χ1n) is 4.30. The molecule has 1 nitrogen and oxygen atoms in total. The third-order valence-electron chi connectivity index (χ3n) is 1.50. The molecule has 0 heterocycles. The molecule has 0 atom stereocenters. The summed E-state index contributed by atoms with van der Waals surface area (Å²) in [6.45, 7) is 6.02. The number of hydrogen-bond acceptors (Lipinski definition) is 1. The first-order chi connectivity index (χ1) is 5.13. The van der Waals surface area contributed by atoms with Crippen LogP contribution >= 0.6 is 0 Å². The van der Waals surface area contributed by atoms with E-state index in [0.717, 1.165) is 12.3 Å². The second kappa shape index (κ2) is 6.14. The van der Waals surface area contributed by atoms with Crippen LogP contribution in [0.5, 0.6) is 0 Å². The highest BCUT2D eigenvalue weighted by molar-refractivity contribution is 5.87. The van der Waals surface area contributed by atoms with Crippen molar-refractivity contribution in [3.63, 3.8) is 0 Å². The van der Waals surface area contributed by atoms with Crippen molar-refractivity contribution in [3.8, 4) is 0 Å². The Balaban J connectivity index is 3.21. The topological polar surface area (TPSA) is 17.1 Å². The maximum Gasteiger partial charge on any atom is 0.152 e. The first kappa shape index (κ1) is 10.4. The van der Waals surface area contributed by atoms with Crippen LogP contribution in [0.3, 0.4) is 0 Å². The molecule has 0 aromatic rings. The highest BCUT2D eigenvalue weighted by Crippen LogP contribution is 2.06. The fourth-order valence-corrected chi connectivity index (χ4v) is 0.893. The number of carbonyl (C=O) groups is 1. The second-order valence-corrected chi connectivity index (χ2v) is 3.34. The molecule has 0 saturated carbocycles. The van der Waals surface area contributed by atoms with Gasteiger partial charge in [-0.3, -0.25) is 4.79 Å². The van der Waals surface area contributed by atoms with Crippen LogP contribution in [0.25, 0.3) is 0 Å². The van der Waals surface area contributed by atoms with Crippen molar-refractivity contribution < 1.29 is 4.79 Å². The Labute approximate surface area is 69.5 Å². The second-order valence-electron chi connectivity index (χ2n) is 3.34. The van der Waals surface area contributed by atoms with E-state index >= 15 is 0 Å². The van der Waals surface area contributed by atoms with Gasteiger partial charge < -0.3 is 0 Å². The lowest BCUT2D eigenvalue weighted by Crippen LogP contribution is -1.86. The molecule has 0 radical (unpaired) electrons. The zero-order valence-electron chi connectivity index (χ0n) is 7.76. The highest BCUT2D eigenvalue weighted by Gasteiger charge is 1.91. The lowest BCUT2D eigenvalue weighted by Gasteiger charge is -1.99. The van der Waals surface area contributed by atoms with Gasteiger partial charge in [-0.1, -0.05) is 26.3 Å². The molecule has 0 fully saturated rings. The maximum atomic E-state index is 10.5. The van der Waals surface area contributed by atoms with Crippen LogP contribution in [-0.2, 0) is 4.79 Å². The van der Waals surface area contributed by atoms with Gasteiger partial charge in [-0.15, -0.1) is 0 Å². The van der Waals surface area contributed by atoms with Gasteiger partial charge in [0.1, 0.15) is 0 Å². The molecule has 64 valence electrons. The van der Waals surface area contributed by atoms with Crippen LogP contribution in [-0.4, -0.2) is 5.78 Å². The summed E-state index contributed by atoms with van der Waals surface area (Å²) >= 11 is 0. The summed E-state index contributed by atoms with van der Waals surface area (Å²) in [5.41, 5.74) is 0. The largest absolute Gasteiger partial charge is 0.295 e. The number of ketones is 1. The van der Waals surface area contributed by atoms with E-state index in [4.69, 9.17) is 0 Å². The van der Waals surface area contributed by atoms with Crippen LogP contribution < -0.4 is 0 Å². The minimum Gasteiger partial charge on any atom is -0.295 e. The molecule has 0 aromatic carbocycles. The SMILES string of the molecule is CC(=O)C=CCCCC(C)C. The van der Waals surface area contributed by atoms with Crippen LogP contribution in [0.2, 0.25) is 0 Å². The molecule has 0 aliphatic carbocycles. The van der Waals surface area contributed by atoms with E-state index < -0.39 is 0 Å². The molecule has 0 aliphatic heterocycles. The average Bonchev–Trinajstić information content (AvgIpc) is 1.85. The predicted octanol–water partition coefficient (Wildman–Crippen LogP) is 2.96. The third-order valence-corrected chi connectivity index (χ3v) is 1.50. The number of rotatable bonds is 5. The molecule has 0 saturated heterocycles. The summed E-state index contributed by atoms with van der Waals surface area (Å²) in [4.78, 5) is 10.5. The van der Waals surface area contributed by atoms with E-state index in [2.05, 4.69) is 13.8 Å². The van der Waals surface area contributed by atoms with E-state index in [1.54, 1.807) is 13.0 Å². The van der Waals surface area contributed by atoms with Crippen molar-refractivity contribution in [2.75, 3.05) is 0 Å². The van der Waals surface area contributed by atoms with Gasteiger partial charge in [0.2, 0.25) is 0 Å². The van der Waals surface area contributed by atoms with Crippen molar-refractivity contribution in [2.24, 2.45) is 5.92 Å². The molecule has 1 heteroatoms. The predicted molar refractivity (Wildman–Crippen MR) is 48.5 cm³/mol. The maximum absolute atomic E-state index is 10.5. The molecule has 0 rings (SSSR count). The number of carbonyl (C=O) groups excluding carboxylic acids is 1. The number of allylic oxidation sites excluding steroid dienone is 2. The summed E-state index contributed by atoms with van der Waals surface area (Å²) in [7, 11) is 0. The lowest BCUT2D eigenvalue weighted by molar-refractivity contribution is -0.112. The lowest BCUT2D eigenvalue weighted by atomic mass is 10.1. The van der Waals surface area contributed by atoms with Gasteiger partial charge in [-0.25, -0.2) is 0 Å². The van der Waals surface area contributed by atoms with Gasteiger partial charge in [-0.05, 0) is 31.8 Å². The molecule has 0 spiro atoms. The summed E-state index contributed by atoms with van der Waals surface area (Å²) in [6, 6.07) is 0. The van der Waals surface area contributed by atoms with Gasteiger partial charge in [0.05, 0.1) is 0 Å². The summed E-state index contributed by atoms with van der Waals surface area (Å²) < 4.78 is 0. The molecule has 0 aliphatic rings. The smallest absolute Gasteiger partial charge is 0.152 e. The van der Waals surface area contributed by atoms with Gasteiger partial charge in [0, 0.05) is 0 Å². The van der Waals surface area contributed by atoms with Gasteiger partial charge in [0.15, 0.2) is 5.78 Å². The molecular weight excluding hydrogens is 136 g/mol. The third kappa shape index (κ3) is 9.41. The van der Waals surface area contributed by atoms with Crippen LogP contribution in [0.1, 0.15) is 40.0 Å². The minimum absolute atomic E-state index is 0.148. The van der Waals surface area contributed by atoms with Crippen LogP contribution in [0.15, 0.2) is 12.2 Å². The Hall–Kier alpha value is -0.590. The molecule has 11 heavy (non-hydrogen) atoms. The van der Waals surface area contributed by atoms with Gasteiger partial charge in [0.25, 0.3) is 0 Å². The summed E-state index contributed by atoms with van der Waals surface area (Å²) in [5, 5.41) is 0. The standard InChI is InChI=1S/C10H18O/c1-9(2)7-5-4-6-8-10(3)11/h6,8-9H,4-5,7H2,1-3H3. The van der Waals surface area contributed by atoms with Crippen LogP contribution in [0.4, 0.5) is 0 Å². The Morgan fingerprint density at radius 1 is 1.45 bits per heavy atom. The van der Waals surface area contributed by atoms with Gasteiger partial charge >= 0.3 is 0 Å². The van der Waals surface area contributed by atoms with Crippen molar-refractivity contribution in [3.05, 3.63) is 12.2 Å². The Morgan fingerprint density at radius 2 is 2.09 bits per heavy atom. The van der Waals surface area contributed by atoms with Crippen molar-refractivity contribution in [1.82, 2.24) is 0 Å². The summed E-state index contributed by atoms with van der Waals surface area (Å²) in [6.07, 6.45) is 7.10. The molecule has 0 bridgehead atoms. The van der Waals surface area contributed by atoms with Gasteiger partial charge in [-0.2, -0.15) is 0 Å². The molecule has 0 amide bonds. The molecule has 0 N–H and O–H groups in total. The number of unbranched alkanes of at least 4 members (excludes halogenated alkanes) is 1. The fraction of sp³-hybridized carbons (Fsp3) is 0.700. The van der Waals surface area contributed by atoms with Crippen molar-refractivity contribution >= 4 is 5.78 Å². The first-order valence-corrected chi connectivity index (χ1v) is 4.30. The Kier molecular flexibility index (Phi) is 5.81. The highest BCUT2D eigenvalue weighted by atomic mass is 16.1. The summed E-state index contributed by atoms with van der Waals surface area (Å²) in [5.74, 6) is 0.926. The average molecular weight is 154 g/mol. The Morgan fingerprint density at radius 3 is 2.55 bits per heavy atom. The van der Waals surface area contributed by atoms with E-state index in [9.17, 15) is 4.79 Å². The number of hydrogen-bond donors (Lipinski definition) is 0. The van der Waals surface area contributed by atoms with Crippen LogP contribution in [0, 0.1) is 5.92 Å². The van der Waals surface area contributed by atoms with E-state index in [0.29, 0.717) is 0 Å². The fourth-order valence-electron chi connectivity index (χ4n) is 0.893. The molecule has 0 aromatic heterocycles. The van der Waals surface area contributed by atoms with E-state index in [-0.39, 0.29) is 5.78 Å². The zero-order valence-corrected chi connectivity index (χ0v) is 7.76. The van der Waals surface area contributed by atoms with E-state index in [1.807, 2.05) is 6.08 Å². The zero-order chi connectivity index (χ0) is 8.69. The minimum atomic E-state index is 0.148. The quantitative estimate of drug-likeness (QED) is 0.439. The van der Waals surface area contributed by atoms with E-state index in [1.165, 1.54) is 12.8 Å². The molecule has 0 unspecified atom stereocenters. The van der Waals surface area contributed by atoms with Crippen molar-refractivity contribution in [2.45, 2.75) is 40.0 Å².